The van der Waals surface area contributed by atoms with Gasteiger partial charge in [0.2, 0.25) is 0 Å². The fourth-order valence-corrected chi connectivity index (χ4v) is 4.22. The normalized spacial score (nSPS) is 27.9. The third-order valence-corrected chi connectivity index (χ3v) is 5.97. The van der Waals surface area contributed by atoms with E-state index in [9.17, 15) is 0 Å². The predicted molar refractivity (Wildman–Crippen MR) is 82.9 cm³/mol. The summed E-state index contributed by atoms with van der Waals surface area (Å²) in [6.07, 6.45) is 3.83. The molecule has 2 atom stereocenters. The SMILES string of the molecule is CN1CC(CN)CC1c1ccc(SC2CC2)c(Cl)c1. The molecule has 2 aliphatic rings. The molecule has 1 aromatic rings. The summed E-state index contributed by atoms with van der Waals surface area (Å²) < 4.78 is 0. The van der Waals surface area contributed by atoms with Crippen LogP contribution in [0.1, 0.15) is 30.9 Å². The number of likely N-dealkylation sites (tertiary alicyclic amines) is 1. The van der Waals surface area contributed by atoms with Crippen molar-refractivity contribution in [1.82, 2.24) is 4.90 Å². The Bertz CT molecular complexity index is 461. The molecular formula is C15H21ClN2S. The molecule has 19 heavy (non-hydrogen) atoms. The maximum absolute atomic E-state index is 6.43. The van der Waals surface area contributed by atoms with Crippen molar-refractivity contribution in [2.45, 2.75) is 35.4 Å². The van der Waals surface area contributed by atoms with Gasteiger partial charge in [0.15, 0.2) is 0 Å². The summed E-state index contributed by atoms with van der Waals surface area (Å²) >= 11 is 8.36. The average Bonchev–Trinajstić information content (AvgIpc) is 3.13. The van der Waals surface area contributed by atoms with E-state index >= 15 is 0 Å². The molecule has 0 aromatic heterocycles. The Morgan fingerprint density at radius 2 is 2.21 bits per heavy atom. The minimum Gasteiger partial charge on any atom is -0.330 e. The van der Waals surface area contributed by atoms with Crippen molar-refractivity contribution in [3.63, 3.8) is 0 Å². The van der Waals surface area contributed by atoms with Crippen molar-refractivity contribution < 1.29 is 0 Å². The molecule has 104 valence electrons. The average molecular weight is 297 g/mol. The highest BCUT2D eigenvalue weighted by Crippen LogP contribution is 2.43. The van der Waals surface area contributed by atoms with Gasteiger partial charge in [0.1, 0.15) is 0 Å². The lowest BCUT2D eigenvalue weighted by Crippen LogP contribution is -2.20. The van der Waals surface area contributed by atoms with Gasteiger partial charge in [0.25, 0.3) is 0 Å². The van der Waals surface area contributed by atoms with E-state index in [1.807, 2.05) is 11.8 Å². The van der Waals surface area contributed by atoms with E-state index in [2.05, 4.69) is 30.1 Å². The third-order valence-electron chi connectivity index (χ3n) is 4.13. The Morgan fingerprint density at radius 3 is 2.79 bits per heavy atom. The minimum absolute atomic E-state index is 0.478. The van der Waals surface area contributed by atoms with E-state index in [1.54, 1.807) is 0 Å². The third kappa shape index (κ3) is 3.10. The molecule has 1 aliphatic carbocycles. The van der Waals surface area contributed by atoms with Crippen LogP contribution in [0.3, 0.4) is 0 Å². The highest BCUT2D eigenvalue weighted by Gasteiger charge is 2.30. The molecule has 3 rings (SSSR count). The Kier molecular flexibility index (Phi) is 4.08. The number of nitrogens with two attached hydrogens (primary N) is 1. The lowest BCUT2D eigenvalue weighted by Gasteiger charge is -2.20. The molecule has 1 heterocycles. The monoisotopic (exact) mass is 296 g/mol. The molecule has 1 saturated carbocycles. The quantitative estimate of drug-likeness (QED) is 0.921. The van der Waals surface area contributed by atoms with E-state index in [0.29, 0.717) is 12.0 Å². The first-order chi connectivity index (χ1) is 9.17. The van der Waals surface area contributed by atoms with Gasteiger partial charge < -0.3 is 5.73 Å². The molecule has 0 bridgehead atoms. The van der Waals surface area contributed by atoms with E-state index in [0.717, 1.165) is 29.8 Å². The lowest BCUT2D eigenvalue weighted by atomic mass is 10.00. The van der Waals surface area contributed by atoms with Crippen molar-refractivity contribution in [1.29, 1.82) is 0 Å². The second kappa shape index (κ2) is 5.65. The Hall–Kier alpha value is -0.220. The standard InChI is InChI=1S/C15H21ClN2S/c1-18-9-10(8-17)6-14(18)11-2-5-15(13(16)7-11)19-12-3-4-12/h2,5,7,10,12,14H,3-4,6,8-9,17H2,1H3. The fraction of sp³-hybridized carbons (Fsp3) is 0.600. The summed E-state index contributed by atoms with van der Waals surface area (Å²) in [4.78, 5) is 3.64. The second-order valence-electron chi connectivity index (χ2n) is 5.80. The lowest BCUT2D eigenvalue weighted by molar-refractivity contribution is 0.313. The predicted octanol–water partition coefficient (Wildman–Crippen LogP) is 3.55. The van der Waals surface area contributed by atoms with Gasteiger partial charge in [-0.05, 0) is 56.5 Å². The zero-order valence-electron chi connectivity index (χ0n) is 11.3. The smallest absolute Gasteiger partial charge is 0.0545 e. The van der Waals surface area contributed by atoms with Gasteiger partial charge in [0, 0.05) is 22.7 Å². The zero-order chi connectivity index (χ0) is 13.4. The molecule has 4 heteroatoms. The van der Waals surface area contributed by atoms with Crippen LogP contribution in [0.25, 0.3) is 0 Å². The molecule has 0 amide bonds. The fourth-order valence-electron chi connectivity index (χ4n) is 2.85. The summed E-state index contributed by atoms with van der Waals surface area (Å²) in [6.45, 7) is 1.88. The number of hydrogen-bond acceptors (Lipinski definition) is 3. The number of benzene rings is 1. The largest absolute Gasteiger partial charge is 0.330 e. The zero-order valence-corrected chi connectivity index (χ0v) is 12.9. The summed E-state index contributed by atoms with van der Waals surface area (Å²) in [7, 11) is 2.18. The molecule has 2 nitrogen and oxygen atoms in total. The van der Waals surface area contributed by atoms with E-state index in [4.69, 9.17) is 17.3 Å². The van der Waals surface area contributed by atoms with Gasteiger partial charge in [0.05, 0.1) is 5.02 Å². The molecule has 0 radical (unpaired) electrons. The van der Waals surface area contributed by atoms with E-state index in [-0.39, 0.29) is 0 Å². The first-order valence-corrected chi connectivity index (χ1v) is 8.29. The summed E-state index contributed by atoms with van der Waals surface area (Å²) in [5, 5.41) is 1.72. The van der Waals surface area contributed by atoms with Gasteiger partial charge >= 0.3 is 0 Å². The van der Waals surface area contributed by atoms with Crippen molar-refractivity contribution >= 4 is 23.4 Å². The number of thioether (sulfide) groups is 1. The van der Waals surface area contributed by atoms with Crippen LogP contribution in [-0.2, 0) is 0 Å². The molecule has 2 N–H and O–H groups in total. The van der Waals surface area contributed by atoms with Crippen LogP contribution >= 0.6 is 23.4 Å². The highest BCUT2D eigenvalue weighted by atomic mass is 35.5. The van der Waals surface area contributed by atoms with E-state index in [1.165, 1.54) is 23.3 Å². The molecule has 1 aromatic carbocycles. The summed E-state index contributed by atoms with van der Waals surface area (Å²) in [6, 6.07) is 7.08. The van der Waals surface area contributed by atoms with Gasteiger partial charge in [-0.25, -0.2) is 0 Å². The molecule has 0 spiro atoms. The Labute approximate surface area is 124 Å². The number of hydrogen-bond donors (Lipinski definition) is 1. The minimum atomic E-state index is 0.478. The number of halogens is 1. The summed E-state index contributed by atoms with van der Waals surface area (Å²) in [5.41, 5.74) is 7.13. The first kappa shape index (κ1) is 13.7. The molecule has 1 saturated heterocycles. The van der Waals surface area contributed by atoms with Crippen molar-refractivity contribution in [2.75, 3.05) is 20.1 Å². The highest BCUT2D eigenvalue weighted by molar-refractivity contribution is 8.00. The van der Waals surface area contributed by atoms with Crippen LogP contribution < -0.4 is 5.73 Å². The van der Waals surface area contributed by atoms with Crippen LogP contribution in [0.5, 0.6) is 0 Å². The number of nitrogens with zero attached hydrogens (tertiary/aromatic N) is 1. The summed E-state index contributed by atoms with van der Waals surface area (Å²) in [5.74, 6) is 0.620. The number of rotatable bonds is 4. The van der Waals surface area contributed by atoms with Crippen LogP contribution in [0, 0.1) is 5.92 Å². The first-order valence-electron chi connectivity index (χ1n) is 7.03. The van der Waals surface area contributed by atoms with Crippen LogP contribution in [0.4, 0.5) is 0 Å². The van der Waals surface area contributed by atoms with Crippen molar-refractivity contribution in [3.8, 4) is 0 Å². The van der Waals surface area contributed by atoms with Gasteiger partial charge in [-0.2, -0.15) is 0 Å². The van der Waals surface area contributed by atoms with Crippen LogP contribution in [0.2, 0.25) is 5.02 Å². The molecule has 2 fully saturated rings. The van der Waals surface area contributed by atoms with Crippen LogP contribution in [-0.4, -0.2) is 30.3 Å². The van der Waals surface area contributed by atoms with Gasteiger partial charge in [-0.1, -0.05) is 17.7 Å². The maximum atomic E-state index is 6.43. The Morgan fingerprint density at radius 1 is 1.42 bits per heavy atom. The topological polar surface area (TPSA) is 29.3 Å². The molecule has 2 unspecified atom stereocenters. The van der Waals surface area contributed by atoms with Crippen molar-refractivity contribution in [2.24, 2.45) is 11.7 Å². The maximum Gasteiger partial charge on any atom is 0.0545 e. The van der Waals surface area contributed by atoms with Gasteiger partial charge in [-0.15, -0.1) is 11.8 Å². The molecular weight excluding hydrogens is 276 g/mol. The Balaban J connectivity index is 1.75. The van der Waals surface area contributed by atoms with Crippen molar-refractivity contribution in [3.05, 3.63) is 28.8 Å². The van der Waals surface area contributed by atoms with E-state index < -0.39 is 0 Å². The molecule has 1 aliphatic heterocycles. The van der Waals surface area contributed by atoms with Gasteiger partial charge in [-0.3, -0.25) is 4.90 Å². The second-order valence-corrected chi connectivity index (χ2v) is 7.55. The van der Waals surface area contributed by atoms with Crippen LogP contribution in [0.15, 0.2) is 23.1 Å².